The zero-order valence-electron chi connectivity index (χ0n) is 17.0. The van der Waals surface area contributed by atoms with Gasteiger partial charge in [-0.3, -0.25) is 4.79 Å². The van der Waals surface area contributed by atoms with E-state index in [2.05, 4.69) is 20.8 Å². The van der Waals surface area contributed by atoms with Gasteiger partial charge in [0.2, 0.25) is 10.0 Å². The van der Waals surface area contributed by atoms with Crippen molar-refractivity contribution in [1.29, 1.82) is 0 Å². The molecule has 12 heteroatoms. The van der Waals surface area contributed by atoms with Gasteiger partial charge in [0.15, 0.2) is 5.82 Å². The average Bonchev–Trinajstić information content (AvgIpc) is 3.16. The Morgan fingerprint density at radius 3 is 2.52 bits per heavy atom. The van der Waals surface area contributed by atoms with Crippen LogP contribution in [-0.4, -0.2) is 51.9 Å². The lowest BCUT2D eigenvalue weighted by Gasteiger charge is -2.19. The van der Waals surface area contributed by atoms with Crippen molar-refractivity contribution in [3.63, 3.8) is 0 Å². The molecule has 0 unspecified atom stereocenters. The maximum Gasteiger partial charge on any atom is 0.255 e. The van der Waals surface area contributed by atoms with Crippen molar-refractivity contribution in [3.05, 3.63) is 58.6 Å². The Balaban J connectivity index is 1.94. The van der Waals surface area contributed by atoms with Crippen LogP contribution in [0.1, 0.15) is 30.0 Å². The molecule has 1 aromatic heterocycles. The summed E-state index contributed by atoms with van der Waals surface area (Å²) in [6.45, 7) is 5.58. The van der Waals surface area contributed by atoms with E-state index in [9.17, 15) is 17.6 Å². The number of halogens is 2. The second-order valence-electron chi connectivity index (χ2n) is 6.49. The fourth-order valence-electron chi connectivity index (χ4n) is 2.95. The summed E-state index contributed by atoms with van der Waals surface area (Å²) in [5, 5.41) is 13.6. The van der Waals surface area contributed by atoms with Gasteiger partial charge in [-0.05, 0) is 53.7 Å². The monoisotopic (exact) mass is 466 g/mol. The van der Waals surface area contributed by atoms with Crippen LogP contribution in [0.5, 0.6) is 0 Å². The Labute approximate surface area is 183 Å². The molecule has 2 aromatic carbocycles. The third-order valence-corrected chi connectivity index (χ3v) is 7.12. The molecular formula is C19H20ClFN6O3S. The van der Waals surface area contributed by atoms with Crippen LogP contribution in [-0.2, 0) is 10.0 Å². The molecular weight excluding hydrogens is 447 g/mol. The number of nitrogens with one attached hydrogen (secondary N) is 1. The van der Waals surface area contributed by atoms with Gasteiger partial charge in [0.25, 0.3) is 5.91 Å². The highest BCUT2D eigenvalue weighted by atomic mass is 35.5. The van der Waals surface area contributed by atoms with Crippen LogP contribution in [0.15, 0.2) is 41.3 Å². The van der Waals surface area contributed by atoms with Crippen molar-refractivity contribution in [3.8, 4) is 5.69 Å². The molecule has 3 aromatic rings. The fraction of sp³-hybridized carbons (Fsp3) is 0.263. The molecule has 0 saturated carbocycles. The Morgan fingerprint density at radius 1 is 1.19 bits per heavy atom. The van der Waals surface area contributed by atoms with E-state index in [0.29, 0.717) is 11.5 Å². The second kappa shape index (κ2) is 9.08. The third-order valence-electron chi connectivity index (χ3n) is 4.58. The molecule has 0 atom stereocenters. The van der Waals surface area contributed by atoms with Crippen LogP contribution in [0.3, 0.4) is 0 Å². The molecule has 0 aliphatic rings. The molecule has 0 saturated heterocycles. The Kier molecular flexibility index (Phi) is 6.68. The van der Waals surface area contributed by atoms with E-state index >= 15 is 0 Å². The molecule has 9 nitrogen and oxygen atoms in total. The average molecular weight is 467 g/mol. The van der Waals surface area contributed by atoms with Gasteiger partial charge in [-0.25, -0.2) is 12.8 Å². The molecule has 0 aliphatic carbocycles. The van der Waals surface area contributed by atoms with E-state index in [1.165, 1.54) is 45.4 Å². The number of carbonyl (C=O) groups is 1. The first-order chi connectivity index (χ1) is 14.7. The predicted octanol–water partition coefficient (Wildman–Crippen LogP) is 3.05. The highest BCUT2D eigenvalue weighted by Gasteiger charge is 2.25. The number of rotatable bonds is 7. The van der Waals surface area contributed by atoms with Gasteiger partial charge in [-0.1, -0.05) is 25.4 Å². The molecule has 3 rings (SSSR count). The normalized spacial score (nSPS) is 11.7. The van der Waals surface area contributed by atoms with Gasteiger partial charge in [0.05, 0.1) is 16.4 Å². The topological polar surface area (TPSA) is 110 Å². The summed E-state index contributed by atoms with van der Waals surface area (Å²) in [5.41, 5.74) is 0.346. The highest BCUT2D eigenvalue weighted by molar-refractivity contribution is 7.89. The van der Waals surface area contributed by atoms with Gasteiger partial charge < -0.3 is 5.32 Å². The summed E-state index contributed by atoms with van der Waals surface area (Å²) in [7, 11) is -3.89. The van der Waals surface area contributed by atoms with E-state index in [0.717, 1.165) is 0 Å². The van der Waals surface area contributed by atoms with Crippen molar-refractivity contribution >= 4 is 33.2 Å². The smallest absolute Gasteiger partial charge is 0.255 e. The van der Waals surface area contributed by atoms with Crippen molar-refractivity contribution in [2.75, 3.05) is 18.4 Å². The lowest BCUT2D eigenvalue weighted by atomic mass is 10.2. The largest absolute Gasteiger partial charge is 0.319 e. The van der Waals surface area contributed by atoms with E-state index < -0.39 is 21.7 Å². The van der Waals surface area contributed by atoms with Gasteiger partial charge in [-0.15, -0.1) is 5.10 Å². The van der Waals surface area contributed by atoms with Crippen LogP contribution < -0.4 is 5.32 Å². The number of hydrogen-bond donors (Lipinski definition) is 1. The minimum Gasteiger partial charge on any atom is -0.319 e. The first kappa shape index (κ1) is 22.8. The van der Waals surface area contributed by atoms with Gasteiger partial charge in [0.1, 0.15) is 10.7 Å². The van der Waals surface area contributed by atoms with Crippen LogP contribution in [0.2, 0.25) is 5.02 Å². The number of amides is 1. The Morgan fingerprint density at radius 2 is 1.90 bits per heavy atom. The molecule has 0 bridgehead atoms. The van der Waals surface area contributed by atoms with Crippen molar-refractivity contribution < 1.29 is 17.6 Å². The van der Waals surface area contributed by atoms with Crippen LogP contribution in [0.25, 0.3) is 5.69 Å². The zero-order chi connectivity index (χ0) is 22.8. The number of aromatic nitrogens is 4. The first-order valence-corrected chi connectivity index (χ1v) is 11.2. The summed E-state index contributed by atoms with van der Waals surface area (Å²) in [5.74, 6) is -0.891. The van der Waals surface area contributed by atoms with Gasteiger partial charge in [0, 0.05) is 18.7 Å². The molecule has 1 heterocycles. The molecule has 31 heavy (non-hydrogen) atoms. The number of carbonyl (C=O) groups excluding carboxylic acids is 1. The van der Waals surface area contributed by atoms with E-state index in [1.807, 2.05) is 0 Å². The first-order valence-electron chi connectivity index (χ1n) is 9.35. The molecule has 0 spiro atoms. The van der Waals surface area contributed by atoms with Crippen molar-refractivity contribution in [2.45, 2.75) is 25.7 Å². The minimum absolute atomic E-state index is 0.00853. The number of hydrogen-bond acceptors (Lipinski definition) is 6. The zero-order valence-corrected chi connectivity index (χ0v) is 18.6. The van der Waals surface area contributed by atoms with Crippen molar-refractivity contribution in [2.24, 2.45) is 0 Å². The second-order valence-corrected chi connectivity index (χ2v) is 8.80. The summed E-state index contributed by atoms with van der Waals surface area (Å²) in [4.78, 5) is 12.6. The minimum atomic E-state index is -3.89. The number of benzene rings is 2. The number of aryl methyl sites for hydroxylation is 1. The number of sulfonamides is 1. The molecule has 1 N–H and O–H groups in total. The number of nitrogens with zero attached hydrogens (tertiary/aromatic N) is 5. The molecule has 0 aliphatic heterocycles. The summed E-state index contributed by atoms with van der Waals surface area (Å²) in [6.07, 6.45) is 0. The quantitative estimate of drug-likeness (QED) is 0.573. The lowest BCUT2D eigenvalue weighted by molar-refractivity contribution is 0.102. The van der Waals surface area contributed by atoms with E-state index in [4.69, 9.17) is 11.6 Å². The van der Waals surface area contributed by atoms with Crippen LogP contribution >= 0.6 is 11.6 Å². The fourth-order valence-corrected chi connectivity index (χ4v) is 4.91. The van der Waals surface area contributed by atoms with Crippen LogP contribution in [0, 0.1) is 12.7 Å². The maximum absolute atomic E-state index is 14.3. The SMILES string of the molecule is CCN(CC)S(=O)(=O)c1cc(C(=O)Nc2cc(-n3nnnc3C)ccc2F)ccc1Cl. The molecule has 164 valence electrons. The summed E-state index contributed by atoms with van der Waals surface area (Å²) >= 11 is 6.10. The highest BCUT2D eigenvalue weighted by Crippen LogP contribution is 2.27. The lowest BCUT2D eigenvalue weighted by Crippen LogP contribution is -2.31. The van der Waals surface area contributed by atoms with E-state index in [-0.39, 0.29) is 34.3 Å². The Hall–Kier alpha value is -2.89. The van der Waals surface area contributed by atoms with Crippen LogP contribution in [0.4, 0.5) is 10.1 Å². The molecule has 1 amide bonds. The van der Waals surface area contributed by atoms with Gasteiger partial charge in [-0.2, -0.15) is 8.99 Å². The van der Waals surface area contributed by atoms with Gasteiger partial charge >= 0.3 is 0 Å². The Bertz CT molecular complexity index is 1230. The standard InChI is InChI=1S/C19H20ClFN6O3S/c1-4-26(5-2)31(29,30)18-10-13(6-8-15(18)20)19(28)22-17-11-14(7-9-16(17)21)27-12(3)23-24-25-27/h6-11H,4-5H2,1-3H3,(H,22,28). The number of tetrazole rings is 1. The van der Waals surface area contributed by atoms with E-state index in [1.54, 1.807) is 20.8 Å². The van der Waals surface area contributed by atoms with Crippen molar-refractivity contribution in [1.82, 2.24) is 24.5 Å². The molecule has 0 fully saturated rings. The molecule has 0 radical (unpaired) electrons. The predicted molar refractivity (Wildman–Crippen MR) is 113 cm³/mol. The maximum atomic E-state index is 14.3. The number of anilines is 1. The summed E-state index contributed by atoms with van der Waals surface area (Å²) < 4.78 is 42.6. The third kappa shape index (κ3) is 4.58. The summed E-state index contributed by atoms with van der Waals surface area (Å²) in [6, 6.07) is 7.88.